The number of amides is 1. The molecule has 174 valence electrons. The lowest BCUT2D eigenvalue weighted by Crippen LogP contribution is -2.51. The summed E-state index contributed by atoms with van der Waals surface area (Å²) >= 11 is 0. The van der Waals surface area contributed by atoms with Crippen LogP contribution in [0.15, 0.2) is 78.9 Å². The van der Waals surface area contributed by atoms with Crippen LogP contribution in [-0.2, 0) is 16.0 Å². The normalized spacial score (nSPS) is 18.7. The van der Waals surface area contributed by atoms with Gasteiger partial charge in [0.05, 0.1) is 6.04 Å². The summed E-state index contributed by atoms with van der Waals surface area (Å²) in [4.78, 5) is 31.1. The second-order valence-electron chi connectivity index (χ2n) is 8.63. The second-order valence-corrected chi connectivity index (χ2v) is 8.63. The van der Waals surface area contributed by atoms with Crippen LogP contribution in [0.3, 0.4) is 0 Å². The van der Waals surface area contributed by atoms with E-state index in [9.17, 15) is 14.7 Å². The van der Waals surface area contributed by atoms with E-state index < -0.39 is 18.1 Å². The largest absolute Gasteiger partial charge is 0.480 e. The molecule has 0 spiro atoms. The number of ether oxygens (including phenoxy) is 2. The van der Waals surface area contributed by atoms with Crippen molar-refractivity contribution < 1.29 is 24.2 Å². The fourth-order valence-electron chi connectivity index (χ4n) is 5.00. The average Bonchev–Trinajstić information content (AvgIpc) is 3.50. The van der Waals surface area contributed by atoms with Gasteiger partial charge in [-0.15, -0.1) is 0 Å². The monoisotopic (exact) mass is 466 g/mol. The fourth-order valence-corrected chi connectivity index (χ4v) is 5.00. The summed E-state index contributed by atoms with van der Waals surface area (Å²) in [5, 5.41) is 11.2. The molecule has 0 bridgehead atoms. The molecule has 7 nitrogen and oxygen atoms in total. The molecule has 0 saturated carbocycles. The van der Waals surface area contributed by atoms with Crippen LogP contribution in [0.5, 0.6) is 11.5 Å². The van der Waals surface area contributed by atoms with Crippen molar-refractivity contribution in [2.24, 2.45) is 0 Å². The van der Waals surface area contributed by atoms with Crippen LogP contribution >= 0.6 is 0 Å². The lowest BCUT2D eigenvalue weighted by atomic mass is 9.87. The maximum Gasteiger partial charge on any atom is 0.326 e. The van der Waals surface area contributed by atoms with Crippen molar-refractivity contribution >= 4 is 28.9 Å². The number of carbonyl (C=O) groups excluding carboxylic acids is 1. The molecular formula is C28H22N2O5. The molecule has 2 aliphatic heterocycles. The number of rotatable bonds is 4. The molecule has 6 rings (SSSR count). The Morgan fingerprint density at radius 1 is 0.971 bits per heavy atom. The molecule has 7 heteroatoms. The summed E-state index contributed by atoms with van der Waals surface area (Å²) in [6.45, 7) is 0.126. The number of carbonyl (C=O) groups is 2. The van der Waals surface area contributed by atoms with Gasteiger partial charge in [0.15, 0.2) is 11.5 Å². The van der Waals surface area contributed by atoms with E-state index in [0.29, 0.717) is 11.5 Å². The molecule has 4 aromatic rings. The molecule has 3 heterocycles. The van der Waals surface area contributed by atoms with Crippen molar-refractivity contribution in [1.82, 2.24) is 9.88 Å². The standard InChI is InChI=1S/C28H22N2O5/c31-25(13-10-17-6-2-1-3-7-17)30-22(28(32)33)15-20-19-8-4-5-9-21(19)29-26(20)27(30)18-11-12-23-24(14-18)35-16-34-23/h1-14,22,27,29H,15-16H2,(H,32,33)/t22-,27-/m1/s1. The summed E-state index contributed by atoms with van der Waals surface area (Å²) in [6.07, 6.45) is 3.36. The number of fused-ring (bicyclic) bond motifs is 4. The molecule has 2 aliphatic rings. The first-order valence-corrected chi connectivity index (χ1v) is 11.4. The Morgan fingerprint density at radius 3 is 2.57 bits per heavy atom. The van der Waals surface area contributed by atoms with E-state index in [1.807, 2.05) is 66.7 Å². The number of carboxylic acid groups (broad SMARTS) is 1. The number of aromatic nitrogens is 1. The molecule has 2 atom stereocenters. The smallest absolute Gasteiger partial charge is 0.326 e. The van der Waals surface area contributed by atoms with Gasteiger partial charge in [0.1, 0.15) is 6.04 Å². The third-order valence-corrected chi connectivity index (χ3v) is 6.60. The number of para-hydroxylation sites is 1. The zero-order chi connectivity index (χ0) is 23.9. The molecule has 0 radical (unpaired) electrons. The van der Waals surface area contributed by atoms with Gasteiger partial charge in [0, 0.05) is 29.1 Å². The number of hydrogen-bond acceptors (Lipinski definition) is 4. The Bertz CT molecular complexity index is 1470. The van der Waals surface area contributed by atoms with E-state index in [1.165, 1.54) is 11.0 Å². The lowest BCUT2D eigenvalue weighted by Gasteiger charge is -2.40. The van der Waals surface area contributed by atoms with Gasteiger partial charge in [-0.25, -0.2) is 4.79 Å². The van der Waals surface area contributed by atoms with Crippen molar-refractivity contribution in [3.05, 3.63) is 101 Å². The number of H-pyrrole nitrogens is 1. The van der Waals surface area contributed by atoms with Gasteiger partial charge >= 0.3 is 5.97 Å². The van der Waals surface area contributed by atoms with Gasteiger partial charge in [-0.3, -0.25) is 4.79 Å². The molecule has 1 amide bonds. The molecular weight excluding hydrogens is 444 g/mol. The van der Waals surface area contributed by atoms with Crippen molar-refractivity contribution in [2.75, 3.05) is 6.79 Å². The number of hydrogen-bond donors (Lipinski definition) is 2. The van der Waals surface area contributed by atoms with Crippen LogP contribution in [0.25, 0.3) is 17.0 Å². The molecule has 0 aliphatic carbocycles. The molecule has 2 N–H and O–H groups in total. The Hall–Kier alpha value is -4.52. The van der Waals surface area contributed by atoms with Crippen molar-refractivity contribution in [2.45, 2.75) is 18.5 Å². The molecule has 0 fully saturated rings. The summed E-state index contributed by atoms with van der Waals surface area (Å²) < 4.78 is 11.0. The summed E-state index contributed by atoms with van der Waals surface area (Å²) in [5.74, 6) is -0.232. The molecule has 1 aromatic heterocycles. The van der Waals surface area contributed by atoms with Crippen LogP contribution < -0.4 is 9.47 Å². The summed E-state index contributed by atoms with van der Waals surface area (Å²) in [6, 6.07) is 21.1. The highest BCUT2D eigenvalue weighted by Crippen LogP contribution is 2.44. The van der Waals surface area contributed by atoms with Crippen LogP contribution in [-0.4, -0.2) is 39.7 Å². The number of aliphatic carboxylic acids is 1. The minimum atomic E-state index is -1.05. The molecule has 35 heavy (non-hydrogen) atoms. The van der Waals surface area contributed by atoms with Crippen LogP contribution in [0.2, 0.25) is 0 Å². The predicted molar refractivity (Wildman–Crippen MR) is 130 cm³/mol. The number of aromatic amines is 1. The van der Waals surface area contributed by atoms with E-state index in [2.05, 4.69) is 4.98 Å². The highest BCUT2D eigenvalue weighted by molar-refractivity contribution is 5.96. The molecule has 3 aromatic carbocycles. The van der Waals surface area contributed by atoms with Gasteiger partial charge < -0.3 is 24.5 Å². The number of nitrogens with zero attached hydrogens (tertiary/aromatic N) is 1. The Balaban J connectivity index is 1.52. The van der Waals surface area contributed by atoms with E-state index >= 15 is 0 Å². The first-order chi connectivity index (χ1) is 17.1. The van der Waals surface area contributed by atoms with E-state index in [1.54, 1.807) is 12.1 Å². The van der Waals surface area contributed by atoms with Crippen molar-refractivity contribution in [1.29, 1.82) is 0 Å². The zero-order valence-electron chi connectivity index (χ0n) is 18.7. The quantitative estimate of drug-likeness (QED) is 0.431. The van der Waals surface area contributed by atoms with Crippen LogP contribution in [0.1, 0.15) is 28.4 Å². The van der Waals surface area contributed by atoms with Gasteiger partial charge in [-0.05, 0) is 41.0 Å². The van der Waals surface area contributed by atoms with Crippen LogP contribution in [0, 0.1) is 0 Å². The minimum Gasteiger partial charge on any atom is -0.480 e. The van der Waals surface area contributed by atoms with E-state index in [0.717, 1.165) is 33.3 Å². The topological polar surface area (TPSA) is 91.9 Å². The fraction of sp³-hybridized carbons (Fsp3) is 0.143. The van der Waals surface area contributed by atoms with Gasteiger partial charge in [0.25, 0.3) is 0 Å². The van der Waals surface area contributed by atoms with Gasteiger partial charge in [-0.1, -0.05) is 54.6 Å². The van der Waals surface area contributed by atoms with Crippen molar-refractivity contribution in [3.63, 3.8) is 0 Å². The van der Waals surface area contributed by atoms with Crippen LogP contribution in [0.4, 0.5) is 0 Å². The molecule has 0 unspecified atom stereocenters. The first-order valence-electron chi connectivity index (χ1n) is 11.4. The van der Waals surface area contributed by atoms with Gasteiger partial charge in [0.2, 0.25) is 12.7 Å². The Morgan fingerprint density at radius 2 is 1.74 bits per heavy atom. The summed E-state index contributed by atoms with van der Waals surface area (Å²) in [7, 11) is 0. The maximum atomic E-state index is 13.6. The van der Waals surface area contributed by atoms with Crippen molar-refractivity contribution in [3.8, 4) is 11.5 Å². The second kappa shape index (κ2) is 8.36. The Labute approximate surface area is 201 Å². The van der Waals surface area contributed by atoms with E-state index in [-0.39, 0.29) is 19.1 Å². The third kappa shape index (κ3) is 3.61. The minimum absolute atomic E-state index is 0.126. The Kier molecular flexibility index (Phi) is 5.03. The highest BCUT2D eigenvalue weighted by atomic mass is 16.7. The SMILES string of the molecule is O=C(O)[C@H]1Cc2c([nH]c3ccccc23)[C@@H](c2ccc3c(c2)OCO3)N1C(=O)C=Cc1ccccc1. The zero-order valence-corrected chi connectivity index (χ0v) is 18.7. The first kappa shape index (κ1) is 21.0. The summed E-state index contributed by atoms with van der Waals surface area (Å²) in [5.41, 5.74) is 4.22. The van der Waals surface area contributed by atoms with E-state index in [4.69, 9.17) is 9.47 Å². The molecule has 0 saturated heterocycles. The number of nitrogens with one attached hydrogen (secondary N) is 1. The average molecular weight is 466 g/mol. The lowest BCUT2D eigenvalue weighted by molar-refractivity contribution is -0.150. The highest BCUT2D eigenvalue weighted by Gasteiger charge is 2.43. The van der Waals surface area contributed by atoms with Gasteiger partial charge in [-0.2, -0.15) is 0 Å². The third-order valence-electron chi connectivity index (χ3n) is 6.60. The maximum absolute atomic E-state index is 13.6. The predicted octanol–water partition coefficient (Wildman–Crippen LogP) is 4.54. The number of carboxylic acids is 1. The number of benzene rings is 3.